The van der Waals surface area contributed by atoms with Gasteiger partial charge < -0.3 is 20.8 Å². The number of benzene rings is 1. The highest BCUT2D eigenvalue weighted by Gasteiger charge is 2.40. The highest BCUT2D eigenvalue weighted by atomic mass is 19.4. The Morgan fingerprint density at radius 2 is 1.06 bits per heavy atom. The zero-order chi connectivity index (χ0) is 25.8. The van der Waals surface area contributed by atoms with Gasteiger partial charge in [-0.05, 0) is 49.4 Å². The molecule has 0 bridgehead atoms. The zero-order valence-corrected chi connectivity index (χ0v) is 18.6. The number of rotatable bonds is 14. The van der Waals surface area contributed by atoms with Crippen molar-refractivity contribution in [1.29, 1.82) is 0 Å². The number of carbonyl (C=O) groups is 2. The summed E-state index contributed by atoms with van der Waals surface area (Å²) in [4.78, 5) is 22.4. The van der Waals surface area contributed by atoms with E-state index in [1.807, 2.05) is 0 Å². The molecule has 4 N–H and O–H groups in total. The third-order valence-electron chi connectivity index (χ3n) is 4.95. The minimum atomic E-state index is -5.18. The molecule has 12 heteroatoms. The van der Waals surface area contributed by atoms with E-state index in [4.69, 9.17) is 10.2 Å². The molecule has 34 heavy (non-hydrogen) atoms. The number of unbranched alkanes of at least 4 members (excludes halogenated alkanes) is 8. The van der Waals surface area contributed by atoms with Crippen LogP contribution < -0.4 is 10.6 Å². The average molecular weight is 500 g/mol. The van der Waals surface area contributed by atoms with Gasteiger partial charge in [-0.1, -0.05) is 44.9 Å². The molecule has 0 unspecified atom stereocenters. The standard InChI is InChI=1S/C22H30F6N2O4/c23-21(24,25)19(33)29-16-12-15(13-17(14-16)30-20(34)22(26,27)28)10-8-6-4-2-1-3-5-7-9-11-18(31)32/h12-14,18,31-32H,1-11H2,(H,29,33)(H,30,34). The van der Waals surface area contributed by atoms with E-state index in [-0.39, 0.29) is 11.4 Å². The highest BCUT2D eigenvalue weighted by Crippen LogP contribution is 2.26. The van der Waals surface area contributed by atoms with Gasteiger partial charge in [0.25, 0.3) is 0 Å². The summed E-state index contributed by atoms with van der Waals surface area (Å²) in [5.41, 5.74) is -0.361. The van der Waals surface area contributed by atoms with Crippen molar-refractivity contribution >= 4 is 23.2 Å². The first-order chi connectivity index (χ1) is 15.8. The van der Waals surface area contributed by atoms with Crippen molar-refractivity contribution in [3.05, 3.63) is 23.8 Å². The molecule has 194 valence electrons. The van der Waals surface area contributed by atoms with Crippen LogP contribution in [-0.2, 0) is 16.0 Å². The van der Waals surface area contributed by atoms with Crippen LogP contribution in [0.2, 0.25) is 0 Å². The lowest BCUT2D eigenvalue weighted by molar-refractivity contribution is -0.167. The fraction of sp³-hybridized carbons (Fsp3) is 0.636. The zero-order valence-electron chi connectivity index (χ0n) is 18.6. The summed E-state index contributed by atoms with van der Waals surface area (Å²) in [5.74, 6) is -4.55. The first-order valence-corrected chi connectivity index (χ1v) is 11.1. The molecule has 0 aromatic heterocycles. The molecule has 2 amide bonds. The summed E-state index contributed by atoms with van der Waals surface area (Å²) in [6.07, 6.45) is -2.93. The molecule has 0 radical (unpaired) electrons. The van der Waals surface area contributed by atoms with Crippen LogP contribution in [0.3, 0.4) is 0 Å². The summed E-state index contributed by atoms with van der Waals surface area (Å²) in [7, 11) is 0. The summed E-state index contributed by atoms with van der Waals surface area (Å²) >= 11 is 0. The SMILES string of the molecule is O=C(Nc1cc(CCCCCCCCCCCC(O)O)cc(NC(=O)C(F)(F)F)c1)C(F)(F)F. The van der Waals surface area contributed by atoms with E-state index in [9.17, 15) is 35.9 Å². The number of aryl methyl sites for hydroxylation is 1. The van der Waals surface area contributed by atoms with Crippen LogP contribution in [-0.4, -0.2) is 40.7 Å². The number of hydrogen-bond donors (Lipinski definition) is 4. The largest absolute Gasteiger partial charge is 0.471 e. The van der Waals surface area contributed by atoms with Gasteiger partial charge >= 0.3 is 24.2 Å². The number of alkyl halides is 6. The topological polar surface area (TPSA) is 98.7 Å². The van der Waals surface area contributed by atoms with Gasteiger partial charge in [-0.2, -0.15) is 26.3 Å². The molecule has 0 fully saturated rings. The van der Waals surface area contributed by atoms with Gasteiger partial charge in [-0.3, -0.25) is 9.59 Å². The van der Waals surface area contributed by atoms with E-state index in [1.54, 1.807) is 10.6 Å². The molecule has 0 aliphatic rings. The third kappa shape index (κ3) is 12.8. The van der Waals surface area contributed by atoms with E-state index in [0.29, 0.717) is 24.8 Å². The fourth-order valence-corrected chi connectivity index (χ4v) is 3.28. The van der Waals surface area contributed by atoms with Crippen LogP contribution in [0.1, 0.15) is 69.8 Å². The fourth-order valence-electron chi connectivity index (χ4n) is 3.28. The monoisotopic (exact) mass is 500 g/mol. The number of halogens is 6. The Hall–Kier alpha value is -2.34. The number of carbonyl (C=O) groups excluding carboxylic acids is 2. The summed E-state index contributed by atoms with van der Waals surface area (Å²) in [6, 6.07) is 3.30. The van der Waals surface area contributed by atoms with Crippen LogP contribution in [0.5, 0.6) is 0 Å². The molecule has 0 aliphatic heterocycles. The van der Waals surface area contributed by atoms with E-state index in [0.717, 1.165) is 57.4 Å². The Kier molecular flexibility index (Phi) is 12.4. The predicted molar refractivity (Wildman–Crippen MR) is 114 cm³/mol. The van der Waals surface area contributed by atoms with Crippen LogP contribution in [0.15, 0.2) is 18.2 Å². The van der Waals surface area contributed by atoms with Crippen molar-refractivity contribution in [2.75, 3.05) is 10.6 Å². The van der Waals surface area contributed by atoms with Gasteiger partial charge in [-0.15, -0.1) is 0 Å². The van der Waals surface area contributed by atoms with E-state index < -0.39 is 30.5 Å². The predicted octanol–water partition coefficient (Wildman–Crippen LogP) is 5.44. The molecule has 6 nitrogen and oxygen atoms in total. The van der Waals surface area contributed by atoms with Gasteiger partial charge in [0.1, 0.15) is 0 Å². The summed E-state index contributed by atoms with van der Waals surface area (Å²) < 4.78 is 75.1. The van der Waals surface area contributed by atoms with Gasteiger partial charge in [-0.25, -0.2) is 0 Å². The molecule has 0 atom stereocenters. The Balaban J connectivity index is 2.55. The van der Waals surface area contributed by atoms with E-state index in [2.05, 4.69) is 0 Å². The Bertz CT molecular complexity index is 735. The molecule has 1 aromatic carbocycles. The number of nitrogens with one attached hydrogen (secondary N) is 2. The normalized spacial score (nSPS) is 12.1. The van der Waals surface area contributed by atoms with Crippen molar-refractivity contribution in [2.24, 2.45) is 0 Å². The summed E-state index contributed by atoms with van der Waals surface area (Å²) in [6.45, 7) is 0. The molecule has 0 spiro atoms. The van der Waals surface area contributed by atoms with Crippen molar-refractivity contribution in [3.63, 3.8) is 0 Å². The number of aliphatic hydroxyl groups is 2. The minimum absolute atomic E-state index is 0.341. The minimum Gasteiger partial charge on any atom is -0.368 e. The second kappa shape index (κ2) is 14.1. The quantitative estimate of drug-likeness (QED) is 0.155. The maximum atomic E-state index is 12.5. The molecular formula is C22H30F6N2O4. The molecule has 1 aromatic rings. The number of hydrogen-bond acceptors (Lipinski definition) is 4. The van der Waals surface area contributed by atoms with Crippen LogP contribution >= 0.6 is 0 Å². The second-order valence-electron chi connectivity index (χ2n) is 8.02. The lowest BCUT2D eigenvalue weighted by Crippen LogP contribution is -2.31. The smallest absolute Gasteiger partial charge is 0.368 e. The molecular weight excluding hydrogens is 470 g/mol. The molecule has 1 rings (SSSR count). The molecule has 0 heterocycles. The lowest BCUT2D eigenvalue weighted by atomic mass is 10.0. The Labute approximate surface area is 193 Å². The molecule has 0 saturated heterocycles. The average Bonchev–Trinajstić information content (AvgIpc) is 2.70. The third-order valence-corrected chi connectivity index (χ3v) is 4.95. The van der Waals surface area contributed by atoms with Gasteiger partial charge in [0.15, 0.2) is 6.29 Å². The maximum Gasteiger partial charge on any atom is 0.471 e. The lowest BCUT2D eigenvalue weighted by Gasteiger charge is -2.14. The van der Waals surface area contributed by atoms with Crippen LogP contribution in [0, 0.1) is 0 Å². The maximum absolute atomic E-state index is 12.5. The number of amides is 2. The van der Waals surface area contributed by atoms with Crippen molar-refractivity contribution in [1.82, 2.24) is 0 Å². The van der Waals surface area contributed by atoms with Crippen LogP contribution in [0.4, 0.5) is 37.7 Å². The molecule has 0 aliphatic carbocycles. The van der Waals surface area contributed by atoms with Crippen molar-refractivity contribution in [2.45, 2.75) is 89.3 Å². The first-order valence-electron chi connectivity index (χ1n) is 11.1. The van der Waals surface area contributed by atoms with Crippen LogP contribution in [0.25, 0.3) is 0 Å². The van der Waals surface area contributed by atoms with Gasteiger partial charge in [0.2, 0.25) is 0 Å². The number of anilines is 2. The highest BCUT2D eigenvalue weighted by molar-refractivity contribution is 5.98. The first kappa shape index (κ1) is 29.7. The number of aliphatic hydroxyl groups excluding tert-OH is 1. The van der Waals surface area contributed by atoms with Crippen molar-refractivity contribution < 1.29 is 46.1 Å². The molecule has 0 saturated carbocycles. The van der Waals surface area contributed by atoms with Crippen molar-refractivity contribution in [3.8, 4) is 0 Å². The van der Waals surface area contributed by atoms with E-state index in [1.165, 1.54) is 12.1 Å². The Morgan fingerprint density at radius 3 is 1.44 bits per heavy atom. The summed E-state index contributed by atoms with van der Waals surface area (Å²) in [5, 5.41) is 20.7. The van der Waals surface area contributed by atoms with Gasteiger partial charge in [0, 0.05) is 11.4 Å². The van der Waals surface area contributed by atoms with Gasteiger partial charge in [0.05, 0.1) is 0 Å². The second-order valence-corrected chi connectivity index (χ2v) is 8.02. The van der Waals surface area contributed by atoms with E-state index >= 15 is 0 Å². The Morgan fingerprint density at radius 1 is 0.676 bits per heavy atom.